The van der Waals surface area contributed by atoms with E-state index >= 15 is 0 Å². The molecule has 1 aromatic rings. The summed E-state index contributed by atoms with van der Waals surface area (Å²) in [7, 11) is 0. The van der Waals surface area contributed by atoms with E-state index in [-0.39, 0.29) is 6.10 Å². The van der Waals surface area contributed by atoms with E-state index in [1.807, 2.05) is 11.6 Å². The van der Waals surface area contributed by atoms with E-state index in [1.165, 1.54) is 0 Å². The molecule has 0 aliphatic rings. The number of aliphatic hydroxyl groups excluding tert-OH is 1. The normalized spacial score (nSPS) is 15.4. The van der Waals surface area contributed by atoms with Crippen LogP contribution in [-0.4, -0.2) is 21.0 Å². The van der Waals surface area contributed by atoms with Crippen LogP contribution in [0.5, 0.6) is 0 Å². The molecule has 0 aliphatic carbocycles. The number of halogens is 1. The van der Waals surface area contributed by atoms with Gasteiger partial charge in [-0.2, -0.15) is 5.10 Å². The molecule has 0 amide bonds. The zero-order chi connectivity index (χ0) is 15.5. The van der Waals surface area contributed by atoms with E-state index in [1.54, 1.807) is 0 Å². The van der Waals surface area contributed by atoms with Crippen molar-refractivity contribution < 1.29 is 5.11 Å². The molecule has 1 rings (SSSR count). The Balaban J connectivity index is 2.65. The van der Waals surface area contributed by atoms with Crippen molar-refractivity contribution >= 4 is 15.9 Å². The van der Waals surface area contributed by atoms with E-state index in [4.69, 9.17) is 0 Å². The van der Waals surface area contributed by atoms with E-state index in [2.05, 4.69) is 55.6 Å². The highest BCUT2D eigenvalue weighted by Crippen LogP contribution is 2.28. The van der Waals surface area contributed by atoms with Gasteiger partial charge in [0.25, 0.3) is 0 Å². The zero-order valence-corrected chi connectivity index (χ0v) is 15.3. The molecule has 0 spiro atoms. The number of hydrogen-bond donors (Lipinski definition) is 1. The molecule has 0 saturated heterocycles. The molecular formula is C16H29BrN2O. The Hall–Kier alpha value is -0.350. The molecule has 1 heterocycles. The summed E-state index contributed by atoms with van der Waals surface area (Å²) in [5.74, 6) is 0.530. The minimum absolute atomic E-state index is 0.301. The van der Waals surface area contributed by atoms with Crippen molar-refractivity contribution in [2.45, 2.75) is 73.5 Å². The molecule has 2 unspecified atom stereocenters. The molecule has 116 valence electrons. The third kappa shape index (κ3) is 5.21. The van der Waals surface area contributed by atoms with Gasteiger partial charge in [0.05, 0.1) is 22.0 Å². The van der Waals surface area contributed by atoms with Crippen LogP contribution < -0.4 is 0 Å². The van der Waals surface area contributed by atoms with Gasteiger partial charge >= 0.3 is 0 Å². The fraction of sp³-hybridized carbons (Fsp3) is 0.812. The van der Waals surface area contributed by atoms with E-state index < -0.39 is 0 Å². The van der Waals surface area contributed by atoms with Gasteiger partial charge in [0.2, 0.25) is 0 Å². The largest absolute Gasteiger partial charge is 0.393 e. The minimum atomic E-state index is -0.301. The van der Waals surface area contributed by atoms with Gasteiger partial charge in [0, 0.05) is 13.0 Å². The highest BCUT2D eigenvalue weighted by atomic mass is 79.9. The summed E-state index contributed by atoms with van der Waals surface area (Å²) < 4.78 is 3.03. The van der Waals surface area contributed by atoms with Gasteiger partial charge in [-0.05, 0) is 54.0 Å². The van der Waals surface area contributed by atoms with Crippen LogP contribution in [0.3, 0.4) is 0 Å². The number of nitrogens with zero attached hydrogens (tertiary/aromatic N) is 2. The van der Waals surface area contributed by atoms with Gasteiger partial charge in [-0.1, -0.05) is 27.7 Å². The molecule has 1 N–H and O–H groups in total. The quantitative estimate of drug-likeness (QED) is 0.833. The van der Waals surface area contributed by atoms with Crippen molar-refractivity contribution in [1.29, 1.82) is 0 Å². The van der Waals surface area contributed by atoms with Crippen LogP contribution in [0, 0.1) is 18.3 Å². The lowest BCUT2D eigenvalue weighted by Crippen LogP contribution is -2.20. The van der Waals surface area contributed by atoms with Gasteiger partial charge in [-0.15, -0.1) is 0 Å². The number of hydrogen-bond acceptors (Lipinski definition) is 2. The van der Waals surface area contributed by atoms with E-state index in [9.17, 15) is 5.11 Å². The van der Waals surface area contributed by atoms with Crippen molar-refractivity contribution in [2.24, 2.45) is 11.3 Å². The van der Waals surface area contributed by atoms with Gasteiger partial charge in [0.1, 0.15) is 0 Å². The van der Waals surface area contributed by atoms with Crippen LogP contribution >= 0.6 is 15.9 Å². The highest BCUT2D eigenvalue weighted by Gasteiger charge is 2.21. The first-order chi connectivity index (χ1) is 9.14. The first-order valence-corrected chi connectivity index (χ1v) is 8.33. The van der Waals surface area contributed by atoms with Crippen LogP contribution in [0.2, 0.25) is 0 Å². The zero-order valence-electron chi connectivity index (χ0n) is 13.7. The number of rotatable bonds is 6. The predicted octanol–water partition coefficient (Wildman–Crippen LogP) is 4.34. The standard InChI is InChI=1S/C16H29BrN2O/c1-7-19-14(15(17)12(3)18-19)9-13(20)8-11(2)10-16(4,5)6/h11,13,20H,7-10H2,1-6H3. The van der Waals surface area contributed by atoms with Crippen LogP contribution in [0.15, 0.2) is 4.47 Å². The smallest absolute Gasteiger partial charge is 0.0738 e. The second-order valence-electron chi connectivity index (χ2n) is 7.13. The molecule has 0 fully saturated rings. The SMILES string of the molecule is CCn1nc(C)c(Br)c1CC(O)CC(C)CC(C)(C)C. The highest BCUT2D eigenvalue weighted by molar-refractivity contribution is 9.10. The first-order valence-electron chi connectivity index (χ1n) is 7.54. The average Bonchev–Trinajstić information content (AvgIpc) is 2.53. The molecular weight excluding hydrogens is 316 g/mol. The molecule has 0 aromatic carbocycles. The van der Waals surface area contributed by atoms with Crippen molar-refractivity contribution in [3.63, 3.8) is 0 Å². The van der Waals surface area contributed by atoms with Gasteiger partial charge in [-0.25, -0.2) is 0 Å². The maximum atomic E-state index is 10.4. The van der Waals surface area contributed by atoms with Crippen molar-refractivity contribution in [1.82, 2.24) is 9.78 Å². The van der Waals surface area contributed by atoms with Crippen LogP contribution in [0.25, 0.3) is 0 Å². The third-order valence-corrected chi connectivity index (χ3v) is 4.55. The monoisotopic (exact) mass is 344 g/mol. The molecule has 4 heteroatoms. The van der Waals surface area contributed by atoms with Crippen molar-refractivity contribution in [3.05, 3.63) is 15.9 Å². The number of aromatic nitrogens is 2. The van der Waals surface area contributed by atoms with Gasteiger partial charge < -0.3 is 5.11 Å². The second kappa shape index (κ2) is 7.08. The summed E-state index contributed by atoms with van der Waals surface area (Å²) in [5, 5.41) is 14.8. The summed E-state index contributed by atoms with van der Waals surface area (Å²) in [6, 6.07) is 0. The lowest BCUT2D eigenvalue weighted by atomic mass is 9.83. The van der Waals surface area contributed by atoms with Gasteiger partial charge in [-0.3, -0.25) is 4.68 Å². The van der Waals surface area contributed by atoms with Crippen molar-refractivity contribution in [2.75, 3.05) is 0 Å². The second-order valence-corrected chi connectivity index (χ2v) is 7.92. The average molecular weight is 345 g/mol. The lowest BCUT2D eigenvalue weighted by molar-refractivity contribution is 0.130. The summed E-state index contributed by atoms with van der Waals surface area (Å²) in [6.45, 7) is 13.9. The molecule has 1 aromatic heterocycles. The fourth-order valence-corrected chi connectivity index (χ4v) is 3.41. The molecule has 2 atom stereocenters. The number of aryl methyl sites for hydroxylation is 2. The first kappa shape index (κ1) is 17.7. The van der Waals surface area contributed by atoms with Crippen LogP contribution in [0.4, 0.5) is 0 Å². The summed E-state index contributed by atoms with van der Waals surface area (Å²) in [6.07, 6.45) is 2.35. The Morgan fingerprint density at radius 2 is 1.95 bits per heavy atom. The van der Waals surface area contributed by atoms with Crippen LogP contribution in [0.1, 0.15) is 58.8 Å². The summed E-state index contributed by atoms with van der Waals surface area (Å²) >= 11 is 3.59. The molecule has 0 radical (unpaired) electrons. The maximum absolute atomic E-state index is 10.4. The Labute approximate surface area is 131 Å². The molecule has 0 bridgehead atoms. The van der Waals surface area contributed by atoms with E-state index in [0.29, 0.717) is 17.8 Å². The minimum Gasteiger partial charge on any atom is -0.393 e. The summed E-state index contributed by atoms with van der Waals surface area (Å²) in [5.41, 5.74) is 2.43. The predicted molar refractivity (Wildman–Crippen MR) is 87.9 cm³/mol. The Bertz CT molecular complexity index is 434. The third-order valence-electron chi connectivity index (χ3n) is 3.52. The molecule has 0 aliphatic heterocycles. The molecule has 0 saturated carbocycles. The molecule has 3 nitrogen and oxygen atoms in total. The Morgan fingerprint density at radius 3 is 2.45 bits per heavy atom. The topological polar surface area (TPSA) is 38.0 Å². The fourth-order valence-electron chi connectivity index (χ4n) is 2.96. The molecule has 20 heavy (non-hydrogen) atoms. The van der Waals surface area contributed by atoms with Gasteiger partial charge in [0.15, 0.2) is 0 Å². The summed E-state index contributed by atoms with van der Waals surface area (Å²) in [4.78, 5) is 0. The van der Waals surface area contributed by atoms with Crippen molar-refractivity contribution in [3.8, 4) is 0 Å². The van der Waals surface area contributed by atoms with E-state index in [0.717, 1.165) is 35.2 Å². The lowest BCUT2D eigenvalue weighted by Gasteiger charge is -2.25. The van der Waals surface area contributed by atoms with Crippen LogP contribution in [-0.2, 0) is 13.0 Å². The Morgan fingerprint density at radius 1 is 1.35 bits per heavy atom. The number of aliphatic hydroxyl groups is 1. The maximum Gasteiger partial charge on any atom is 0.0738 e. The Kier molecular flexibility index (Phi) is 6.26.